The van der Waals surface area contributed by atoms with E-state index in [2.05, 4.69) is 4.98 Å². The molecule has 1 aromatic heterocycles. The van der Waals surface area contributed by atoms with Crippen molar-refractivity contribution in [1.82, 2.24) is 4.98 Å². The molecule has 1 saturated carbocycles. The number of pyridine rings is 1. The molecular formula is C12H16FNO. The third-order valence-electron chi connectivity index (χ3n) is 3.29. The molecule has 3 heteroatoms. The molecule has 0 aliphatic heterocycles. The summed E-state index contributed by atoms with van der Waals surface area (Å²) < 4.78 is 13.4. The van der Waals surface area contributed by atoms with Crippen molar-refractivity contribution in [3.05, 3.63) is 29.8 Å². The predicted octanol–water partition coefficient (Wildman–Crippen LogP) is 2.63. The average Bonchev–Trinajstić information content (AvgIpc) is 2.19. The van der Waals surface area contributed by atoms with E-state index in [9.17, 15) is 9.50 Å². The van der Waals surface area contributed by atoms with Gasteiger partial charge < -0.3 is 5.11 Å². The van der Waals surface area contributed by atoms with Crippen molar-refractivity contribution in [3.8, 4) is 0 Å². The van der Waals surface area contributed by atoms with Gasteiger partial charge in [-0.05, 0) is 44.6 Å². The molecule has 82 valence electrons. The molecule has 0 spiro atoms. The summed E-state index contributed by atoms with van der Waals surface area (Å²) in [6, 6.07) is 3.57. The first-order valence-corrected chi connectivity index (χ1v) is 5.41. The Hall–Kier alpha value is -0.960. The molecular weight excluding hydrogens is 193 g/mol. The molecule has 1 aliphatic carbocycles. The van der Waals surface area contributed by atoms with E-state index in [0.717, 1.165) is 25.7 Å². The van der Waals surface area contributed by atoms with E-state index in [0.29, 0.717) is 5.56 Å². The molecule has 15 heavy (non-hydrogen) atoms. The fourth-order valence-electron chi connectivity index (χ4n) is 2.25. The fraction of sp³-hybridized carbons (Fsp3) is 0.583. The van der Waals surface area contributed by atoms with Gasteiger partial charge in [0.2, 0.25) is 5.95 Å². The number of hydrogen-bond donors (Lipinski definition) is 1. The van der Waals surface area contributed by atoms with Crippen molar-refractivity contribution >= 4 is 0 Å². The first-order chi connectivity index (χ1) is 7.08. The summed E-state index contributed by atoms with van der Waals surface area (Å²) >= 11 is 0. The molecule has 1 aliphatic rings. The highest BCUT2D eigenvalue weighted by Crippen LogP contribution is 2.37. The molecule has 2 rings (SSSR count). The zero-order valence-corrected chi connectivity index (χ0v) is 8.91. The Balaban J connectivity index is 2.11. The van der Waals surface area contributed by atoms with Crippen LogP contribution in [0.3, 0.4) is 0 Å². The summed E-state index contributed by atoms with van der Waals surface area (Å²) in [6.07, 6.45) is 4.64. The van der Waals surface area contributed by atoms with E-state index in [4.69, 9.17) is 0 Å². The normalized spacial score (nSPS) is 31.5. The van der Waals surface area contributed by atoms with Gasteiger partial charge in [-0.15, -0.1) is 0 Å². The molecule has 1 N–H and O–H groups in total. The minimum absolute atomic E-state index is 0.221. The molecule has 0 saturated heterocycles. The zero-order valence-electron chi connectivity index (χ0n) is 8.91. The van der Waals surface area contributed by atoms with Crippen LogP contribution in [0.2, 0.25) is 0 Å². The van der Waals surface area contributed by atoms with Crippen molar-refractivity contribution < 1.29 is 9.50 Å². The largest absolute Gasteiger partial charge is 0.390 e. The maximum absolute atomic E-state index is 13.4. The van der Waals surface area contributed by atoms with Crippen molar-refractivity contribution in [3.63, 3.8) is 0 Å². The lowest BCUT2D eigenvalue weighted by Crippen LogP contribution is -2.29. The quantitative estimate of drug-likeness (QED) is 0.721. The van der Waals surface area contributed by atoms with Gasteiger partial charge in [-0.1, -0.05) is 6.07 Å². The van der Waals surface area contributed by atoms with Crippen molar-refractivity contribution in [2.24, 2.45) is 0 Å². The fourth-order valence-corrected chi connectivity index (χ4v) is 2.25. The highest BCUT2D eigenvalue weighted by Gasteiger charge is 2.30. The van der Waals surface area contributed by atoms with Crippen LogP contribution < -0.4 is 0 Å². The van der Waals surface area contributed by atoms with E-state index >= 15 is 0 Å². The lowest BCUT2D eigenvalue weighted by atomic mass is 9.77. The molecule has 0 unspecified atom stereocenters. The summed E-state index contributed by atoms with van der Waals surface area (Å²) in [6.45, 7) is 1.85. The van der Waals surface area contributed by atoms with Crippen molar-refractivity contribution in [2.75, 3.05) is 0 Å². The number of halogens is 1. The second kappa shape index (κ2) is 3.89. The zero-order chi connectivity index (χ0) is 10.9. The van der Waals surface area contributed by atoms with Crippen LogP contribution in [0.15, 0.2) is 18.3 Å². The Morgan fingerprint density at radius 2 is 2.13 bits per heavy atom. The number of hydrogen-bond acceptors (Lipinski definition) is 2. The first-order valence-electron chi connectivity index (χ1n) is 5.41. The molecule has 1 fully saturated rings. The molecule has 1 heterocycles. The monoisotopic (exact) mass is 209 g/mol. The van der Waals surface area contributed by atoms with Crippen molar-refractivity contribution in [2.45, 2.75) is 44.1 Å². The van der Waals surface area contributed by atoms with Crippen LogP contribution in [0.4, 0.5) is 4.39 Å². The molecule has 0 radical (unpaired) electrons. The van der Waals surface area contributed by atoms with Crippen LogP contribution in [-0.2, 0) is 0 Å². The third-order valence-corrected chi connectivity index (χ3v) is 3.29. The highest BCUT2D eigenvalue weighted by atomic mass is 19.1. The van der Waals surface area contributed by atoms with E-state index < -0.39 is 5.60 Å². The van der Waals surface area contributed by atoms with Crippen LogP contribution in [-0.4, -0.2) is 15.7 Å². The van der Waals surface area contributed by atoms with Crippen LogP contribution in [0.25, 0.3) is 0 Å². The SMILES string of the molecule is C[C@]1(O)CC[C@@H](c2cccnc2F)CC1. The van der Waals surface area contributed by atoms with E-state index in [1.54, 1.807) is 12.1 Å². The van der Waals surface area contributed by atoms with Gasteiger partial charge in [-0.3, -0.25) is 0 Å². The molecule has 0 amide bonds. The highest BCUT2D eigenvalue weighted by molar-refractivity contribution is 5.17. The van der Waals surface area contributed by atoms with Gasteiger partial charge in [0.1, 0.15) is 0 Å². The minimum atomic E-state index is -0.560. The summed E-state index contributed by atoms with van der Waals surface area (Å²) in [5, 5.41) is 9.80. The van der Waals surface area contributed by atoms with E-state index in [1.165, 1.54) is 6.20 Å². The number of aliphatic hydroxyl groups is 1. The van der Waals surface area contributed by atoms with Crippen molar-refractivity contribution in [1.29, 1.82) is 0 Å². The standard InChI is InChI=1S/C12H16FNO/c1-12(15)6-4-9(5-7-12)10-3-2-8-14-11(10)13/h2-3,8-9,15H,4-7H2,1H3/t9-,12+. The van der Waals surface area contributed by atoms with Crippen LogP contribution in [0.1, 0.15) is 44.1 Å². The number of rotatable bonds is 1. The Kier molecular flexibility index (Phi) is 2.74. The summed E-state index contributed by atoms with van der Waals surface area (Å²) in [7, 11) is 0. The van der Waals surface area contributed by atoms with Gasteiger partial charge in [0.15, 0.2) is 0 Å². The maximum Gasteiger partial charge on any atom is 0.216 e. The minimum Gasteiger partial charge on any atom is -0.390 e. The first kappa shape index (κ1) is 10.6. The third kappa shape index (κ3) is 2.34. The Labute approximate surface area is 89.2 Å². The summed E-state index contributed by atoms with van der Waals surface area (Å²) in [4.78, 5) is 3.66. The van der Waals surface area contributed by atoms with Gasteiger partial charge in [0.25, 0.3) is 0 Å². The molecule has 0 bridgehead atoms. The van der Waals surface area contributed by atoms with Gasteiger partial charge in [0, 0.05) is 11.8 Å². The Morgan fingerprint density at radius 3 is 2.73 bits per heavy atom. The van der Waals surface area contributed by atoms with E-state index in [1.807, 2.05) is 6.92 Å². The van der Waals surface area contributed by atoms with Gasteiger partial charge in [-0.2, -0.15) is 4.39 Å². The average molecular weight is 209 g/mol. The van der Waals surface area contributed by atoms with Gasteiger partial charge in [0.05, 0.1) is 5.60 Å². The Bertz CT molecular complexity index is 341. The molecule has 2 nitrogen and oxygen atoms in total. The lowest BCUT2D eigenvalue weighted by molar-refractivity contribution is 0.0168. The Morgan fingerprint density at radius 1 is 1.47 bits per heavy atom. The lowest BCUT2D eigenvalue weighted by Gasteiger charge is -2.33. The number of aromatic nitrogens is 1. The topological polar surface area (TPSA) is 33.1 Å². The number of nitrogens with zero attached hydrogens (tertiary/aromatic N) is 1. The second-order valence-corrected chi connectivity index (χ2v) is 4.65. The van der Waals surface area contributed by atoms with Gasteiger partial charge in [-0.25, -0.2) is 4.98 Å². The second-order valence-electron chi connectivity index (χ2n) is 4.65. The molecule has 0 atom stereocenters. The summed E-state index contributed by atoms with van der Waals surface area (Å²) in [5.74, 6) is -0.136. The maximum atomic E-state index is 13.4. The van der Waals surface area contributed by atoms with Crippen LogP contribution >= 0.6 is 0 Å². The smallest absolute Gasteiger partial charge is 0.216 e. The van der Waals surface area contributed by atoms with Crippen LogP contribution in [0, 0.1) is 5.95 Å². The van der Waals surface area contributed by atoms with Gasteiger partial charge >= 0.3 is 0 Å². The van der Waals surface area contributed by atoms with Crippen LogP contribution in [0.5, 0.6) is 0 Å². The summed E-state index contributed by atoms with van der Waals surface area (Å²) in [5.41, 5.74) is 0.142. The predicted molar refractivity (Wildman–Crippen MR) is 56.0 cm³/mol. The molecule has 1 aromatic rings. The molecule has 0 aromatic carbocycles. The van der Waals surface area contributed by atoms with E-state index in [-0.39, 0.29) is 11.9 Å².